The van der Waals surface area contributed by atoms with E-state index in [9.17, 15) is 14.9 Å². The summed E-state index contributed by atoms with van der Waals surface area (Å²) in [6.07, 6.45) is 1.94. The Kier molecular flexibility index (Phi) is 5.04. The van der Waals surface area contributed by atoms with Gasteiger partial charge in [-0.1, -0.05) is 0 Å². The number of fused-ring (bicyclic) bond motifs is 1. The van der Waals surface area contributed by atoms with Gasteiger partial charge in [0.2, 0.25) is 5.95 Å². The summed E-state index contributed by atoms with van der Waals surface area (Å²) >= 11 is 0. The molecule has 1 N–H and O–H groups in total. The zero-order valence-electron chi connectivity index (χ0n) is 18.1. The van der Waals surface area contributed by atoms with Gasteiger partial charge in [-0.25, -0.2) is 4.68 Å². The summed E-state index contributed by atoms with van der Waals surface area (Å²) in [6.45, 7) is 0. The van der Waals surface area contributed by atoms with Crippen LogP contribution in [0.15, 0.2) is 53.7 Å². The number of Topliss-reactive ketones (excluding diaryl/α,β-unsaturated/α-hetero) is 1. The number of rotatable bonds is 5. The standard InChI is InChI=1S/C23H21N5O5/c1-32-18-11-8-14(12-19(18)33-2)22-25-23-24-16-4-3-5-17(29)20(16)21(27(23)26-22)13-6-9-15(10-7-13)28(30)31/h6-12,21H,3-5H2,1-2H3,(H,24,25,26). The second-order valence-electron chi connectivity index (χ2n) is 7.82. The van der Waals surface area contributed by atoms with E-state index < -0.39 is 11.0 Å². The summed E-state index contributed by atoms with van der Waals surface area (Å²) in [5, 5.41) is 19.1. The number of methoxy groups -OCH3 is 2. The highest BCUT2D eigenvalue weighted by molar-refractivity contribution is 5.99. The Balaban J connectivity index is 1.63. The van der Waals surface area contributed by atoms with Crippen LogP contribution in [-0.4, -0.2) is 39.7 Å². The zero-order chi connectivity index (χ0) is 23.1. The quantitative estimate of drug-likeness (QED) is 0.462. The summed E-state index contributed by atoms with van der Waals surface area (Å²) < 4.78 is 12.4. The molecular formula is C23H21N5O5. The van der Waals surface area contributed by atoms with Crippen LogP contribution in [0.5, 0.6) is 11.5 Å². The average molecular weight is 447 g/mol. The van der Waals surface area contributed by atoms with Gasteiger partial charge in [0.1, 0.15) is 6.04 Å². The molecule has 1 aromatic heterocycles. The molecule has 1 aliphatic carbocycles. The molecule has 0 amide bonds. The molecule has 2 aromatic carbocycles. The Morgan fingerprint density at radius 1 is 1.09 bits per heavy atom. The molecule has 10 heteroatoms. The first-order valence-corrected chi connectivity index (χ1v) is 10.5. The number of non-ortho nitro benzene ring substituents is 1. The van der Waals surface area contributed by atoms with Gasteiger partial charge in [0.25, 0.3) is 5.69 Å². The molecule has 3 aromatic rings. The maximum Gasteiger partial charge on any atom is 0.269 e. The summed E-state index contributed by atoms with van der Waals surface area (Å²) in [7, 11) is 3.13. The number of allylic oxidation sites excluding steroid dienone is 2. The first-order valence-electron chi connectivity index (χ1n) is 10.5. The summed E-state index contributed by atoms with van der Waals surface area (Å²) in [5.41, 5.74) is 2.90. The van der Waals surface area contributed by atoms with Crippen molar-refractivity contribution < 1.29 is 19.2 Å². The number of nitrogens with one attached hydrogen (secondary N) is 1. The molecule has 0 fully saturated rings. The predicted octanol–water partition coefficient (Wildman–Crippen LogP) is 3.89. The third-order valence-electron chi connectivity index (χ3n) is 5.93. The fourth-order valence-corrected chi connectivity index (χ4v) is 4.34. The smallest absolute Gasteiger partial charge is 0.269 e. The van der Waals surface area contributed by atoms with Crippen molar-refractivity contribution in [2.75, 3.05) is 19.5 Å². The summed E-state index contributed by atoms with van der Waals surface area (Å²) in [6, 6.07) is 11.1. The molecular weight excluding hydrogens is 426 g/mol. The Morgan fingerprint density at radius 2 is 1.85 bits per heavy atom. The minimum Gasteiger partial charge on any atom is -0.493 e. The number of nitrogens with zero attached hydrogens (tertiary/aromatic N) is 4. The zero-order valence-corrected chi connectivity index (χ0v) is 18.1. The van der Waals surface area contributed by atoms with Gasteiger partial charge in [0, 0.05) is 35.4 Å². The average Bonchev–Trinajstić information content (AvgIpc) is 3.26. The van der Waals surface area contributed by atoms with E-state index in [0.717, 1.165) is 29.7 Å². The largest absolute Gasteiger partial charge is 0.493 e. The number of nitro benzene ring substituents is 1. The second-order valence-corrected chi connectivity index (χ2v) is 7.82. The van der Waals surface area contributed by atoms with Crippen LogP contribution in [0, 0.1) is 10.1 Å². The minimum atomic E-state index is -0.522. The lowest BCUT2D eigenvalue weighted by atomic mass is 9.85. The first-order chi connectivity index (χ1) is 16.0. The number of carbonyl (C=O) groups excluding carboxylic acids is 1. The van der Waals surface area contributed by atoms with E-state index in [1.807, 2.05) is 6.07 Å². The minimum absolute atomic E-state index is 0.0123. The Morgan fingerprint density at radius 3 is 2.55 bits per heavy atom. The molecule has 1 unspecified atom stereocenters. The molecule has 10 nitrogen and oxygen atoms in total. The van der Waals surface area contributed by atoms with Crippen molar-refractivity contribution in [1.82, 2.24) is 14.8 Å². The fourth-order valence-electron chi connectivity index (χ4n) is 4.34. The number of ether oxygens (including phenoxy) is 2. The SMILES string of the molecule is COc1ccc(-c2nc3n(n2)C(c2ccc([N+](=O)[O-])cc2)C2=C(CCCC2=O)N3)cc1OC. The van der Waals surface area contributed by atoms with Crippen LogP contribution in [0.3, 0.4) is 0 Å². The lowest BCUT2D eigenvalue weighted by Crippen LogP contribution is -2.31. The number of hydrogen-bond donors (Lipinski definition) is 1. The number of ketones is 1. The normalized spacial score (nSPS) is 17.2. The van der Waals surface area contributed by atoms with Gasteiger partial charge >= 0.3 is 0 Å². The topological polar surface area (TPSA) is 121 Å². The molecule has 0 saturated heterocycles. The van der Waals surface area contributed by atoms with E-state index in [-0.39, 0.29) is 11.5 Å². The predicted molar refractivity (Wildman–Crippen MR) is 119 cm³/mol. The van der Waals surface area contributed by atoms with E-state index >= 15 is 0 Å². The molecule has 2 aliphatic rings. The lowest BCUT2D eigenvalue weighted by Gasteiger charge is -2.32. The highest BCUT2D eigenvalue weighted by atomic mass is 16.6. The first kappa shape index (κ1) is 20.7. The number of benzene rings is 2. The summed E-state index contributed by atoms with van der Waals surface area (Å²) in [5.74, 6) is 2.15. The van der Waals surface area contributed by atoms with Gasteiger partial charge < -0.3 is 14.8 Å². The molecule has 1 atom stereocenters. The highest BCUT2D eigenvalue weighted by Gasteiger charge is 2.37. The van der Waals surface area contributed by atoms with Gasteiger partial charge in [-0.15, -0.1) is 5.10 Å². The van der Waals surface area contributed by atoms with Gasteiger partial charge in [-0.2, -0.15) is 4.98 Å². The Hall–Kier alpha value is -4.21. The fraction of sp³-hybridized carbons (Fsp3) is 0.261. The van der Waals surface area contributed by atoms with Crippen molar-refractivity contribution in [3.05, 3.63) is 69.4 Å². The van der Waals surface area contributed by atoms with Crippen LogP contribution in [0.1, 0.15) is 30.9 Å². The van der Waals surface area contributed by atoms with E-state index in [1.165, 1.54) is 12.1 Å². The molecule has 0 spiro atoms. The highest BCUT2D eigenvalue weighted by Crippen LogP contribution is 2.41. The van der Waals surface area contributed by atoms with Gasteiger partial charge in [-0.3, -0.25) is 14.9 Å². The van der Waals surface area contributed by atoms with Crippen LogP contribution in [0.2, 0.25) is 0 Å². The van der Waals surface area contributed by atoms with E-state index in [4.69, 9.17) is 14.6 Å². The molecule has 0 radical (unpaired) electrons. The molecule has 5 rings (SSSR count). The maximum atomic E-state index is 12.9. The van der Waals surface area contributed by atoms with Crippen LogP contribution in [-0.2, 0) is 4.79 Å². The van der Waals surface area contributed by atoms with Gasteiger partial charge in [0.15, 0.2) is 23.1 Å². The van der Waals surface area contributed by atoms with Crippen molar-refractivity contribution >= 4 is 17.4 Å². The van der Waals surface area contributed by atoms with Crippen LogP contribution in [0.4, 0.5) is 11.6 Å². The molecule has 2 heterocycles. The van der Waals surface area contributed by atoms with Crippen molar-refractivity contribution in [1.29, 1.82) is 0 Å². The van der Waals surface area contributed by atoms with Crippen LogP contribution in [0.25, 0.3) is 11.4 Å². The number of aromatic nitrogens is 3. The Bertz CT molecular complexity index is 1300. The molecule has 0 bridgehead atoms. The number of anilines is 1. The maximum absolute atomic E-state index is 12.9. The Labute approximate surface area is 189 Å². The lowest BCUT2D eigenvalue weighted by molar-refractivity contribution is -0.384. The van der Waals surface area contributed by atoms with Crippen molar-refractivity contribution in [3.63, 3.8) is 0 Å². The van der Waals surface area contributed by atoms with E-state index in [2.05, 4.69) is 10.3 Å². The van der Waals surface area contributed by atoms with Crippen molar-refractivity contribution in [2.24, 2.45) is 0 Å². The van der Waals surface area contributed by atoms with E-state index in [0.29, 0.717) is 35.3 Å². The molecule has 33 heavy (non-hydrogen) atoms. The van der Waals surface area contributed by atoms with Gasteiger partial charge in [0.05, 0.1) is 19.1 Å². The monoisotopic (exact) mass is 447 g/mol. The number of carbonyl (C=O) groups is 1. The molecule has 1 aliphatic heterocycles. The van der Waals surface area contributed by atoms with Crippen molar-refractivity contribution in [2.45, 2.75) is 25.3 Å². The third-order valence-corrected chi connectivity index (χ3v) is 5.93. The summed E-state index contributed by atoms with van der Waals surface area (Å²) in [4.78, 5) is 28.3. The van der Waals surface area contributed by atoms with E-state index in [1.54, 1.807) is 43.2 Å². The van der Waals surface area contributed by atoms with Crippen molar-refractivity contribution in [3.8, 4) is 22.9 Å². The molecule has 168 valence electrons. The van der Waals surface area contributed by atoms with Gasteiger partial charge in [-0.05, 0) is 48.7 Å². The number of nitro groups is 1. The van der Waals surface area contributed by atoms with Crippen LogP contribution >= 0.6 is 0 Å². The van der Waals surface area contributed by atoms with Crippen LogP contribution < -0.4 is 14.8 Å². The number of hydrogen-bond acceptors (Lipinski definition) is 8. The molecule has 0 saturated carbocycles. The third kappa shape index (κ3) is 3.49. The second kappa shape index (κ2) is 8.05.